The van der Waals surface area contributed by atoms with E-state index in [-0.39, 0.29) is 41.2 Å². The van der Waals surface area contributed by atoms with Crippen molar-refractivity contribution < 1.29 is 23.9 Å². The third kappa shape index (κ3) is 7.72. The fraction of sp³-hybridized carbons (Fsp3) is 0.364. The number of rotatable bonds is 11. The molecule has 41 heavy (non-hydrogen) atoms. The van der Waals surface area contributed by atoms with Crippen LogP contribution in [-0.2, 0) is 33.8 Å². The van der Waals surface area contributed by atoms with Gasteiger partial charge in [-0.3, -0.25) is 14.4 Å². The molecule has 1 unspecified atom stereocenters. The predicted octanol–water partition coefficient (Wildman–Crippen LogP) is 5.58. The molecule has 0 spiro atoms. The number of fused-ring (bicyclic) bond motifs is 1. The summed E-state index contributed by atoms with van der Waals surface area (Å²) in [6, 6.07) is 11.1. The molecule has 0 bridgehead atoms. The molecule has 2 amide bonds. The standard InChI is InChI=1S/C33H40FN3O4/c1-19(2)31(34)23(6)37(7)29(16-21(4)32(40)35-18-24-10-8-9-20(3)15-24)33(41)36-28-14-13-26-22(5)25(17-30(38)39)11-12-27(26)28/h8-12,15-16,19,28H,4,13-14,17-18H2,1-3,5-7H3,(H,35,40)(H,36,41)(H,38,39)/b29-16-,31-23+. The molecule has 0 saturated carbocycles. The molecule has 0 radical (unpaired) electrons. The molecule has 0 fully saturated rings. The Bertz CT molecular complexity index is 1420. The van der Waals surface area contributed by atoms with Crippen LogP contribution in [0.2, 0.25) is 0 Å². The third-order valence-corrected chi connectivity index (χ3v) is 7.54. The van der Waals surface area contributed by atoms with E-state index in [4.69, 9.17) is 0 Å². The maximum atomic E-state index is 14.9. The molecule has 1 atom stereocenters. The van der Waals surface area contributed by atoms with Crippen molar-refractivity contribution >= 4 is 17.8 Å². The Hall–Kier alpha value is -4.20. The van der Waals surface area contributed by atoms with Gasteiger partial charge in [-0.15, -0.1) is 0 Å². The zero-order valence-electron chi connectivity index (χ0n) is 24.7. The second-order valence-electron chi connectivity index (χ2n) is 10.9. The molecule has 3 rings (SSSR count). The lowest BCUT2D eigenvalue weighted by atomic mass is 9.96. The van der Waals surface area contributed by atoms with Gasteiger partial charge in [0.05, 0.1) is 12.5 Å². The Morgan fingerprint density at radius 3 is 2.51 bits per heavy atom. The van der Waals surface area contributed by atoms with Gasteiger partial charge < -0.3 is 20.6 Å². The molecule has 0 heterocycles. The number of carbonyl (C=O) groups excluding carboxylic acids is 2. The van der Waals surface area contributed by atoms with Gasteiger partial charge >= 0.3 is 5.97 Å². The van der Waals surface area contributed by atoms with Gasteiger partial charge in [0.15, 0.2) is 0 Å². The van der Waals surface area contributed by atoms with E-state index in [9.17, 15) is 23.9 Å². The first-order valence-electron chi connectivity index (χ1n) is 13.8. The van der Waals surface area contributed by atoms with Crippen molar-refractivity contribution in [2.75, 3.05) is 7.05 Å². The van der Waals surface area contributed by atoms with Crippen molar-refractivity contribution in [1.29, 1.82) is 0 Å². The largest absolute Gasteiger partial charge is 0.481 e. The molecule has 218 valence electrons. The van der Waals surface area contributed by atoms with Gasteiger partial charge in [0.1, 0.15) is 11.5 Å². The summed E-state index contributed by atoms with van der Waals surface area (Å²) >= 11 is 0. The topological polar surface area (TPSA) is 98.7 Å². The molecule has 1 aliphatic rings. The van der Waals surface area contributed by atoms with Gasteiger partial charge in [-0.2, -0.15) is 0 Å². The van der Waals surface area contributed by atoms with E-state index < -0.39 is 17.8 Å². The Balaban J connectivity index is 1.87. The summed E-state index contributed by atoms with van der Waals surface area (Å²) < 4.78 is 14.9. The molecular weight excluding hydrogens is 521 g/mol. The van der Waals surface area contributed by atoms with Crippen LogP contribution in [-0.4, -0.2) is 34.8 Å². The average Bonchev–Trinajstić information content (AvgIpc) is 3.33. The number of hydrogen-bond donors (Lipinski definition) is 3. The van der Waals surface area contributed by atoms with Crippen molar-refractivity contribution in [3.8, 4) is 0 Å². The van der Waals surface area contributed by atoms with E-state index in [0.29, 0.717) is 19.4 Å². The second kappa shape index (κ2) is 13.4. The lowest BCUT2D eigenvalue weighted by Crippen LogP contribution is -2.35. The van der Waals surface area contributed by atoms with Crippen molar-refractivity contribution in [3.05, 3.63) is 105 Å². The van der Waals surface area contributed by atoms with Crippen LogP contribution < -0.4 is 10.6 Å². The number of hydrogen-bond acceptors (Lipinski definition) is 4. The molecule has 2 aromatic carbocycles. The summed E-state index contributed by atoms with van der Waals surface area (Å²) in [5, 5.41) is 15.1. The van der Waals surface area contributed by atoms with Crippen LogP contribution in [0, 0.1) is 19.8 Å². The Morgan fingerprint density at radius 1 is 1.17 bits per heavy atom. The SMILES string of the molecule is C=C(/C=C(/C(=O)NC1CCc2c1ccc(CC(=O)O)c2C)N(C)/C(C)=C(/F)C(C)C)C(=O)NCc1cccc(C)c1. The normalized spacial score (nSPS) is 15.2. The van der Waals surface area contributed by atoms with Crippen LogP contribution in [0.5, 0.6) is 0 Å². The van der Waals surface area contributed by atoms with Crippen molar-refractivity contribution in [3.63, 3.8) is 0 Å². The fourth-order valence-electron chi connectivity index (χ4n) is 5.09. The first kappa shape index (κ1) is 31.3. The maximum Gasteiger partial charge on any atom is 0.307 e. The number of nitrogens with one attached hydrogen (secondary N) is 2. The number of carboxylic acid groups (broad SMARTS) is 1. The minimum absolute atomic E-state index is 0.0606. The van der Waals surface area contributed by atoms with Crippen LogP contribution in [0.4, 0.5) is 4.39 Å². The second-order valence-corrected chi connectivity index (χ2v) is 10.9. The Kier molecular flexibility index (Phi) is 10.3. The van der Waals surface area contributed by atoms with Crippen LogP contribution in [0.3, 0.4) is 0 Å². The van der Waals surface area contributed by atoms with E-state index >= 15 is 0 Å². The molecule has 1 aliphatic carbocycles. The highest BCUT2D eigenvalue weighted by atomic mass is 19.1. The van der Waals surface area contributed by atoms with Gasteiger partial charge in [0, 0.05) is 30.8 Å². The summed E-state index contributed by atoms with van der Waals surface area (Å²) in [5.74, 6) is -2.56. The van der Waals surface area contributed by atoms with Crippen molar-refractivity contribution in [2.24, 2.45) is 5.92 Å². The number of aryl methyl sites for hydroxylation is 1. The first-order chi connectivity index (χ1) is 19.3. The molecule has 0 aromatic heterocycles. The van der Waals surface area contributed by atoms with Gasteiger partial charge in [0.2, 0.25) is 0 Å². The first-order valence-corrected chi connectivity index (χ1v) is 13.8. The molecule has 0 aliphatic heterocycles. The van der Waals surface area contributed by atoms with Crippen LogP contribution in [0.15, 0.2) is 71.8 Å². The predicted molar refractivity (Wildman–Crippen MR) is 158 cm³/mol. The summed E-state index contributed by atoms with van der Waals surface area (Å²) in [7, 11) is 1.59. The highest BCUT2D eigenvalue weighted by Gasteiger charge is 2.29. The van der Waals surface area contributed by atoms with E-state index in [1.165, 1.54) is 11.0 Å². The van der Waals surface area contributed by atoms with Crippen LogP contribution in [0.1, 0.15) is 66.6 Å². The Labute approximate surface area is 241 Å². The third-order valence-electron chi connectivity index (χ3n) is 7.54. The Morgan fingerprint density at radius 2 is 1.88 bits per heavy atom. The molecular formula is C33H40FN3O4. The van der Waals surface area contributed by atoms with Gasteiger partial charge in [-0.05, 0) is 67.5 Å². The maximum absolute atomic E-state index is 14.9. The van der Waals surface area contributed by atoms with E-state index in [0.717, 1.165) is 33.4 Å². The minimum atomic E-state index is -0.895. The molecule has 7 nitrogen and oxygen atoms in total. The highest BCUT2D eigenvalue weighted by Crippen LogP contribution is 2.35. The minimum Gasteiger partial charge on any atom is -0.481 e. The summed E-state index contributed by atoms with van der Waals surface area (Å²) in [6.45, 7) is 13.1. The lowest BCUT2D eigenvalue weighted by Gasteiger charge is -2.26. The van der Waals surface area contributed by atoms with Gasteiger partial charge in [0.25, 0.3) is 11.8 Å². The zero-order valence-corrected chi connectivity index (χ0v) is 24.7. The molecule has 3 N–H and O–H groups in total. The summed E-state index contributed by atoms with van der Waals surface area (Å²) in [6.07, 6.45) is 2.66. The van der Waals surface area contributed by atoms with Gasteiger partial charge in [-0.25, -0.2) is 4.39 Å². The number of likely N-dealkylation sites (N-methyl/N-ethyl adjacent to an activating group) is 1. The average molecular weight is 562 g/mol. The van der Waals surface area contributed by atoms with E-state index in [1.807, 2.05) is 44.2 Å². The van der Waals surface area contributed by atoms with E-state index in [2.05, 4.69) is 17.2 Å². The molecule has 0 saturated heterocycles. The van der Waals surface area contributed by atoms with E-state index in [1.54, 1.807) is 33.9 Å². The number of carbonyl (C=O) groups is 3. The quantitative estimate of drug-likeness (QED) is 0.246. The van der Waals surface area contributed by atoms with Crippen LogP contribution in [0.25, 0.3) is 0 Å². The summed E-state index contributed by atoms with van der Waals surface area (Å²) in [5.41, 5.74) is 6.06. The fourth-order valence-corrected chi connectivity index (χ4v) is 5.09. The molecule has 8 heteroatoms. The number of aliphatic carboxylic acids is 1. The van der Waals surface area contributed by atoms with Crippen molar-refractivity contribution in [1.82, 2.24) is 15.5 Å². The number of benzene rings is 2. The number of nitrogens with zero attached hydrogens (tertiary/aromatic N) is 1. The smallest absolute Gasteiger partial charge is 0.307 e. The number of allylic oxidation sites excluding steroid dienone is 2. The zero-order chi connectivity index (χ0) is 30.4. The van der Waals surface area contributed by atoms with Crippen LogP contribution >= 0.6 is 0 Å². The molecule has 2 aromatic rings. The highest BCUT2D eigenvalue weighted by molar-refractivity contribution is 6.00. The number of amides is 2. The monoisotopic (exact) mass is 561 g/mol. The van der Waals surface area contributed by atoms with Gasteiger partial charge in [-0.1, -0.05) is 62.4 Å². The number of halogens is 1. The number of carboxylic acids is 1. The van der Waals surface area contributed by atoms with Crippen molar-refractivity contribution in [2.45, 2.75) is 66.5 Å². The summed E-state index contributed by atoms with van der Waals surface area (Å²) in [4.78, 5) is 39.3. The lowest BCUT2D eigenvalue weighted by molar-refractivity contribution is -0.136.